The lowest BCUT2D eigenvalue weighted by molar-refractivity contribution is 0.108. The molecule has 12 nitrogen and oxygen atoms in total. The summed E-state index contributed by atoms with van der Waals surface area (Å²) in [6, 6.07) is 14.3. The highest BCUT2D eigenvalue weighted by atomic mass is 16.5. The Morgan fingerprint density at radius 2 is 0.517 bits per heavy atom. The third-order valence-corrected chi connectivity index (χ3v) is 9.84. The molecule has 60 heavy (non-hydrogen) atoms. The molecule has 4 aromatic rings. The minimum atomic E-state index is 0.214. The van der Waals surface area contributed by atoms with Gasteiger partial charge in [-0.25, -0.2) is 0 Å². The zero-order valence-corrected chi connectivity index (χ0v) is 35.1. The molecule has 0 N–H and O–H groups in total. The lowest BCUT2D eigenvalue weighted by atomic mass is 9.88. The smallest absolute Gasteiger partial charge is 0.150 e. The van der Waals surface area contributed by atoms with Gasteiger partial charge in [0.2, 0.25) is 0 Å². The molecule has 0 spiro atoms. The maximum atomic E-state index is 12.6. The SMILES string of the molecule is CCOCCOc1c2cc(C=O)cc1Cc1cc(C=O)cc(c1OCCOCC)Cc1cc(C=O)cc(c1OCCOCC)Cc1cc(C=O)cc(c1OCCOCC)C2. The van der Waals surface area contributed by atoms with Gasteiger partial charge in [0.15, 0.2) is 0 Å². The fraction of sp³-hybridized carbons (Fsp3) is 0.417. The first-order valence-electron chi connectivity index (χ1n) is 20.7. The van der Waals surface area contributed by atoms with Crippen LogP contribution >= 0.6 is 0 Å². The Kier molecular flexibility index (Phi) is 18.3. The molecule has 0 fully saturated rings. The van der Waals surface area contributed by atoms with Crippen LogP contribution in [0.5, 0.6) is 23.0 Å². The van der Waals surface area contributed by atoms with Gasteiger partial charge in [0.05, 0.1) is 26.4 Å². The van der Waals surface area contributed by atoms with Gasteiger partial charge >= 0.3 is 0 Å². The average Bonchev–Trinajstić information content (AvgIpc) is 3.25. The molecule has 0 unspecified atom stereocenters. The largest absolute Gasteiger partial charge is 0.491 e. The van der Waals surface area contributed by atoms with Gasteiger partial charge in [0, 0.05) is 74.4 Å². The van der Waals surface area contributed by atoms with Crippen LogP contribution in [0.1, 0.15) is 114 Å². The Morgan fingerprint density at radius 1 is 0.333 bits per heavy atom. The minimum absolute atomic E-state index is 0.214. The number of benzene rings is 4. The van der Waals surface area contributed by atoms with Gasteiger partial charge in [-0.3, -0.25) is 19.2 Å². The van der Waals surface area contributed by atoms with Gasteiger partial charge in [0.1, 0.15) is 74.6 Å². The van der Waals surface area contributed by atoms with Crippen LogP contribution in [-0.2, 0) is 44.6 Å². The zero-order valence-electron chi connectivity index (χ0n) is 35.1. The number of hydrogen-bond acceptors (Lipinski definition) is 12. The predicted octanol–water partition coefficient (Wildman–Crippen LogP) is 7.27. The molecule has 4 aromatic carbocycles. The van der Waals surface area contributed by atoms with Crippen LogP contribution in [0.4, 0.5) is 0 Å². The summed E-state index contributed by atoms with van der Waals surface area (Å²) >= 11 is 0. The Morgan fingerprint density at radius 3 is 0.667 bits per heavy atom. The number of ether oxygens (including phenoxy) is 8. The van der Waals surface area contributed by atoms with E-state index in [0.29, 0.717) is 143 Å². The minimum Gasteiger partial charge on any atom is -0.491 e. The second kappa shape index (κ2) is 24.0. The lowest BCUT2D eigenvalue weighted by Crippen LogP contribution is -2.14. The second-order valence-electron chi connectivity index (χ2n) is 14.0. The van der Waals surface area contributed by atoms with Crippen molar-refractivity contribution in [1.29, 1.82) is 0 Å². The van der Waals surface area contributed by atoms with Gasteiger partial charge in [0.25, 0.3) is 0 Å². The highest BCUT2D eigenvalue weighted by Gasteiger charge is 2.25. The molecule has 8 bridgehead atoms. The van der Waals surface area contributed by atoms with Gasteiger partial charge < -0.3 is 37.9 Å². The summed E-state index contributed by atoms with van der Waals surface area (Å²) in [6.45, 7) is 11.9. The number of fused-ring (bicyclic) bond motifs is 8. The molecule has 1 aliphatic carbocycles. The van der Waals surface area contributed by atoms with E-state index in [9.17, 15) is 19.2 Å². The topological polar surface area (TPSA) is 142 Å². The van der Waals surface area contributed by atoms with Gasteiger partial charge in [-0.15, -0.1) is 0 Å². The van der Waals surface area contributed by atoms with E-state index in [1.54, 1.807) is 48.5 Å². The van der Waals surface area contributed by atoms with Crippen LogP contribution < -0.4 is 18.9 Å². The predicted molar refractivity (Wildman–Crippen MR) is 226 cm³/mol. The Labute approximate surface area is 352 Å². The number of carbonyl (C=O) groups is 4. The molecule has 0 atom stereocenters. The third kappa shape index (κ3) is 12.3. The van der Waals surface area contributed by atoms with Crippen molar-refractivity contribution in [1.82, 2.24) is 0 Å². The van der Waals surface area contributed by atoms with Crippen molar-refractivity contribution in [3.8, 4) is 23.0 Å². The summed E-state index contributed by atoms with van der Waals surface area (Å²) in [4.78, 5) is 50.5. The van der Waals surface area contributed by atoms with Crippen LogP contribution in [0.3, 0.4) is 0 Å². The first-order valence-corrected chi connectivity index (χ1v) is 20.7. The Bertz CT molecular complexity index is 1690. The molecule has 0 saturated carbocycles. The van der Waals surface area contributed by atoms with Crippen LogP contribution in [0.15, 0.2) is 48.5 Å². The number of aldehydes is 4. The van der Waals surface area contributed by atoms with E-state index in [0.717, 1.165) is 25.1 Å². The van der Waals surface area contributed by atoms with E-state index >= 15 is 0 Å². The van der Waals surface area contributed by atoms with Crippen molar-refractivity contribution in [2.75, 3.05) is 79.3 Å². The van der Waals surface area contributed by atoms with Gasteiger partial charge in [-0.2, -0.15) is 0 Å². The number of rotatable bonds is 24. The molecule has 0 aliphatic heterocycles. The fourth-order valence-corrected chi connectivity index (χ4v) is 7.40. The summed E-state index contributed by atoms with van der Waals surface area (Å²) in [5.41, 5.74) is 7.09. The van der Waals surface area contributed by atoms with E-state index in [2.05, 4.69) is 0 Å². The molecule has 12 heteroatoms. The van der Waals surface area contributed by atoms with Gasteiger partial charge in [-0.05, 0) is 121 Å². The Hall–Kier alpha value is -5.40. The summed E-state index contributed by atoms with van der Waals surface area (Å²) < 4.78 is 48.8. The van der Waals surface area contributed by atoms with E-state index in [1.165, 1.54) is 0 Å². The van der Waals surface area contributed by atoms with Gasteiger partial charge in [-0.1, -0.05) is 0 Å². The maximum absolute atomic E-state index is 12.6. The molecule has 0 saturated heterocycles. The quantitative estimate of drug-likeness (QED) is 0.0456. The lowest BCUT2D eigenvalue weighted by Gasteiger charge is -2.24. The van der Waals surface area contributed by atoms with Crippen molar-refractivity contribution < 1.29 is 57.1 Å². The summed E-state index contributed by atoms with van der Waals surface area (Å²) in [7, 11) is 0. The fourth-order valence-electron chi connectivity index (χ4n) is 7.40. The van der Waals surface area contributed by atoms with E-state index < -0.39 is 0 Å². The monoisotopic (exact) mass is 824 g/mol. The molecular formula is C48H56O12. The molecule has 0 amide bonds. The molecule has 5 rings (SSSR count). The van der Waals surface area contributed by atoms with Crippen molar-refractivity contribution in [2.45, 2.75) is 53.4 Å². The van der Waals surface area contributed by atoms with Crippen LogP contribution in [-0.4, -0.2) is 104 Å². The van der Waals surface area contributed by atoms with Crippen molar-refractivity contribution in [3.63, 3.8) is 0 Å². The van der Waals surface area contributed by atoms with E-state index in [-0.39, 0.29) is 52.1 Å². The van der Waals surface area contributed by atoms with Crippen molar-refractivity contribution in [3.05, 3.63) is 115 Å². The highest BCUT2D eigenvalue weighted by molar-refractivity contribution is 5.80. The molecule has 0 aromatic heterocycles. The molecule has 320 valence electrons. The number of carbonyl (C=O) groups excluding carboxylic acids is 4. The molecule has 0 radical (unpaired) electrons. The van der Waals surface area contributed by atoms with E-state index in [4.69, 9.17) is 37.9 Å². The first-order chi connectivity index (χ1) is 29.4. The highest BCUT2D eigenvalue weighted by Crippen LogP contribution is 2.40. The average molecular weight is 825 g/mol. The third-order valence-electron chi connectivity index (χ3n) is 9.84. The molecule has 0 heterocycles. The number of hydrogen-bond donors (Lipinski definition) is 0. The zero-order chi connectivity index (χ0) is 42.7. The van der Waals surface area contributed by atoms with Crippen molar-refractivity contribution in [2.24, 2.45) is 0 Å². The summed E-state index contributed by atoms with van der Waals surface area (Å²) in [5, 5.41) is 0. The molecular weight excluding hydrogens is 769 g/mol. The van der Waals surface area contributed by atoms with Crippen LogP contribution in [0, 0.1) is 0 Å². The molecule has 1 aliphatic rings. The summed E-state index contributed by atoms with van der Waals surface area (Å²) in [6.07, 6.45) is 4.02. The summed E-state index contributed by atoms with van der Waals surface area (Å²) in [5.74, 6) is 2.15. The van der Waals surface area contributed by atoms with E-state index in [1.807, 2.05) is 27.7 Å². The standard InChI is InChI=1S/C48H56O12/c1-5-53-9-13-57-45-37-17-33(29-49)18-38(45)26-40-20-35(31-51)22-42(47(40)59-15-11-55-7-3)28-44-24-36(32-52)23-43(48(44)60-16-12-56-8-4)27-41-21-34(30-50)19-39(25-37)46(41)58-14-10-54-6-2/h17-24,29-32H,5-16,25-28H2,1-4H3. The van der Waals surface area contributed by atoms with Crippen LogP contribution in [0.2, 0.25) is 0 Å². The first kappa shape index (κ1) is 45.7. The Balaban J connectivity index is 1.85. The second-order valence-corrected chi connectivity index (χ2v) is 14.0. The normalized spacial score (nSPS) is 12.1. The van der Waals surface area contributed by atoms with Crippen molar-refractivity contribution >= 4 is 25.1 Å². The maximum Gasteiger partial charge on any atom is 0.150 e. The van der Waals surface area contributed by atoms with Crippen LogP contribution in [0.25, 0.3) is 0 Å².